The number of anilines is 2. The molecule has 0 amide bonds. The Morgan fingerprint density at radius 1 is 1.58 bits per heavy atom. The van der Waals surface area contributed by atoms with Crippen molar-refractivity contribution in [2.75, 3.05) is 37.3 Å². The molecule has 104 valence electrons. The van der Waals surface area contributed by atoms with Crippen LogP contribution in [0.2, 0.25) is 0 Å². The van der Waals surface area contributed by atoms with Gasteiger partial charge in [0.15, 0.2) is 5.82 Å². The van der Waals surface area contributed by atoms with Crippen LogP contribution >= 0.6 is 0 Å². The first kappa shape index (κ1) is 13.6. The van der Waals surface area contributed by atoms with Gasteiger partial charge in [-0.1, -0.05) is 13.5 Å². The van der Waals surface area contributed by atoms with Crippen molar-refractivity contribution in [1.82, 2.24) is 14.9 Å². The molecule has 1 aliphatic heterocycles. The van der Waals surface area contributed by atoms with Crippen LogP contribution in [0.3, 0.4) is 0 Å². The molecule has 0 aliphatic carbocycles. The number of nitrogen functional groups attached to an aromatic ring is 1. The smallest absolute Gasteiger partial charge is 0.291 e. The van der Waals surface area contributed by atoms with Crippen molar-refractivity contribution in [3.8, 4) is 0 Å². The van der Waals surface area contributed by atoms with Crippen molar-refractivity contribution < 1.29 is 0 Å². The van der Waals surface area contributed by atoms with Crippen LogP contribution in [0.5, 0.6) is 0 Å². The molecule has 6 heteroatoms. The predicted molar refractivity (Wildman–Crippen MR) is 78.3 cm³/mol. The Morgan fingerprint density at radius 3 is 2.95 bits per heavy atom. The summed E-state index contributed by atoms with van der Waals surface area (Å²) < 4.78 is 0. The SMILES string of the molecule is C=Cc1[nH]c(=O)c(N2CCN(C)C(CC)C2)nc1N. The molecule has 19 heavy (non-hydrogen) atoms. The molecule has 1 fully saturated rings. The lowest BCUT2D eigenvalue weighted by atomic mass is 10.1. The number of likely N-dealkylation sites (N-methyl/N-ethyl adjacent to an activating group) is 1. The number of rotatable bonds is 3. The van der Waals surface area contributed by atoms with Gasteiger partial charge in [0, 0.05) is 25.7 Å². The summed E-state index contributed by atoms with van der Waals surface area (Å²) in [5, 5.41) is 0. The highest BCUT2D eigenvalue weighted by Gasteiger charge is 2.25. The van der Waals surface area contributed by atoms with Crippen LogP contribution in [-0.2, 0) is 0 Å². The quantitative estimate of drug-likeness (QED) is 0.831. The summed E-state index contributed by atoms with van der Waals surface area (Å²) in [7, 11) is 2.11. The fourth-order valence-electron chi connectivity index (χ4n) is 2.42. The summed E-state index contributed by atoms with van der Waals surface area (Å²) in [4.78, 5) is 23.3. The van der Waals surface area contributed by atoms with Gasteiger partial charge in [-0.05, 0) is 19.5 Å². The maximum atomic E-state index is 12.1. The summed E-state index contributed by atoms with van der Waals surface area (Å²) in [6.07, 6.45) is 2.55. The third-order valence-electron chi connectivity index (χ3n) is 3.71. The predicted octanol–water partition coefficient (Wildman–Crippen LogP) is 0.526. The number of hydrogen-bond acceptors (Lipinski definition) is 5. The molecule has 1 atom stereocenters. The molecule has 3 N–H and O–H groups in total. The average molecular weight is 263 g/mol. The van der Waals surface area contributed by atoms with E-state index in [0.717, 1.165) is 26.1 Å². The van der Waals surface area contributed by atoms with E-state index in [4.69, 9.17) is 5.73 Å². The second-order valence-corrected chi connectivity index (χ2v) is 4.88. The molecular weight excluding hydrogens is 242 g/mol. The lowest BCUT2D eigenvalue weighted by Crippen LogP contribution is -2.52. The Hall–Kier alpha value is -1.82. The Balaban J connectivity index is 2.30. The number of H-pyrrole nitrogens is 1. The van der Waals surface area contributed by atoms with Crippen LogP contribution in [0.25, 0.3) is 6.08 Å². The van der Waals surface area contributed by atoms with Crippen molar-refractivity contribution in [3.05, 3.63) is 22.6 Å². The van der Waals surface area contributed by atoms with Crippen LogP contribution in [0.1, 0.15) is 19.0 Å². The lowest BCUT2D eigenvalue weighted by molar-refractivity contribution is 0.212. The molecule has 1 aromatic rings. The maximum Gasteiger partial charge on any atom is 0.291 e. The number of nitrogens with one attached hydrogen (secondary N) is 1. The molecule has 6 nitrogen and oxygen atoms in total. The highest BCUT2D eigenvalue weighted by molar-refractivity contribution is 5.58. The Morgan fingerprint density at radius 2 is 2.32 bits per heavy atom. The van der Waals surface area contributed by atoms with Crippen LogP contribution < -0.4 is 16.2 Å². The number of nitrogens with two attached hydrogens (primary N) is 1. The first-order chi connectivity index (χ1) is 9.06. The van der Waals surface area contributed by atoms with Crippen molar-refractivity contribution >= 4 is 17.7 Å². The normalized spacial score (nSPS) is 20.5. The molecule has 2 rings (SSSR count). The molecule has 0 aromatic carbocycles. The van der Waals surface area contributed by atoms with Gasteiger partial charge in [-0.3, -0.25) is 9.69 Å². The first-order valence-corrected chi connectivity index (χ1v) is 6.54. The van der Waals surface area contributed by atoms with Crippen LogP contribution in [0.4, 0.5) is 11.6 Å². The number of aromatic amines is 1. The zero-order valence-electron chi connectivity index (χ0n) is 11.5. The minimum atomic E-state index is -0.205. The molecule has 0 radical (unpaired) electrons. The molecule has 0 saturated carbocycles. The van der Waals surface area contributed by atoms with Crippen LogP contribution in [0, 0.1) is 0 Å². The number of piperazine rings is 1. The molecule has 1 aliphatic rings. The Bertz CT molecular complexity index is 524. The monoisotopic (exact) mass is 263 g/mol. The highest BCUT2D eigenvalue weighted by Crippen LogP contribution is 2.16. The molecule has 2 heterocycles. The van der Waals surface area contributed by atoms with Gasteiger partial charge in [0.1, 0.15) is 5.82 Å². The Labute approximate surface area is 112 Å². The van der Waals surface area contributed by atoms with E-state index in [0.29, 0.717) is 23.4 Å². The van der Waals surface area contributed by atoms with Gasteiger partial charge in [0.2, 0.25) is 0 Å². The van der Waals surface area contributed by atoms with E-state index in [1.807, 2.05) is 4.90 Å². The van der Waals surface area contributed by atoms with E-state index in [-0.39, 0.29) is 5.56 Å². The standard InChI is InChI=1S/C13H21N5O/c1-4-9-8-18(7-6-17(9)3)12-13(19)15-10(5-2)11(14)16-12/h5,9H,2,4,6-8H2,1,3H3,(H2,14,16)(H,15,19). The van der Waals surface area contributed by atoms with Crippen molar-refractivity contribution in [2.24, 2.45) is 0 Å². The fraction of sp³-hybridized carbons (Fsp3) is 0.538. The van der Waals surface area contributed by atoms with Crippen LogP contribution in [-0.4, -0.2) is 47.6 Å². The fourth-order valence-corrected chi connectivity index (χ4v) is 2.42. The molecule has 1 unspecified atom stereocenters. The van der Waals surface area contributed by atoms with Gasteiger partial charge < -0.3 is 15.6 Å². The number of nitrogens with zero attached hydrogens (tertiary/aromatic N) is 3. The Kier molecular flexibility index (Phi) is 3.90. The average Bonchev–Trinajstić information content (AvgIpc) is 2.41. The van der Waals surface area contributed by atoms with Crippen LogP contribution in [0.15, 0.2) is 11.4 Å². The molecule has 1 saturated heterocycles. The molecule has 0 spiro atoms. The third kappa shape index (κ3) is 2.63. The van der Waals surface area contributed by atoms with E-state index in [2.05, 4.69) is 35.4 Å². The zero-order chi connectivity index (χ0) is 14.0. The summed E-state index contributed by atoms with van der Waals surface area (Å²) in [5.41, 5.74) is 6.09. The number of hydrogen-bond donors (Lipinski definition) is 2. The van der Waals surface area contributed by atoms with E-state index < -0.39 is 0 Å². The molecule has 1 aromatic heterocycles. The van der Waals surface area contributed by atoms with Gasteiger partial charge in [0.05, 0.1) is 5.69 Å². The second-order valence-electron chi connectivity index (χ2n) is 4.88. The minimum Gasteiger partial charge on any atom is -0.382 e. The molecule has 0 bridgehead atoms. The first-order valence-electron chi connectivity index (χ1n) is 6.54. The van der Waals surface area contributed by atoms with Crippen molar-refractivity contribution in [1.29, 1.82) is 0 Å². The second kappa shape index (κ2) is 5.44. The third-order valence-corrected chi connectivity index (χ3v) is 3.71. The summed E-state index contributed by atoms with van der Waals surface area (Å²) in [5.74, 6) is 0.728. The van der Waals surface area contributed by atoms with Gasteiger partial charge in [-0.2, -0.15) is 0 Å². The van der Waals surface area contributed by atoms with Gasteiger partial charge in [-0.25, -0.2) is 4.98 Å². The molecular formula is C13H21N5O. The van der Waals surface area contributed by atoms with E-state index in [9.17, 15) is 4.79 Å². The van der Waals surface area contributed by atoms with E-state index in [1.165, 1.54) is 6.08 Å². The lowest BCUT2D eigenvalue weighted by Gasteiger charge is -2.39. The zero-order valence-corrected chi connectivity index (χ0v) is 11.5. The topological polar surface area (TPSA) is 78.2 Å². The summed E-state index contributed by atoms with van der Waals surface area (Å²) in [6.45, 7) is 8.26. The van der Waals surface area contributed by atoms with Gasteiger partial charge in [0.25, 0.3) is 5.56 Å². The van der Waals surface area contributed by atoms with Crippen molar-refractivity contribution in [3.63, 3.8) is 0 Å². The largest absolute Gasteiger partial charge is 0.382 e. The number of aromatic nitrogens is 2. The van der Waals surface area contributed by atoms with Gasteiger partial charge in [-0.15, -0.1) is 0 Å². The summed E-state index contributed by atoms with van der Waals surface area (Å²) >= 11 is 0. The van der Waals surface area contributed by atoms with E-state index >= 15 is 0 Å². The van der Waals surface area contributed by atoms with E-state index in [1.54, 1.807) is 0 Å². The maximum absolute atomic E-state index is 12.1. The minimum absolute atomic E-state index is 0.205. The van der Waals surface area contributed by atoms with Crippen molar-refractivity contribution in [2.45, 2.75) is 19.4 Å². The van der Waals surface area contributed by atoms with Gasteiger partial charge >= 0.3 is 0 Å². The summed E-state index contributed by atoms with van der Waals surface area (Å²) in [6, 6.07) is 0.440. The highest BCUT2D eigenvalue weighted by atomic mass is 16.1.